The van der Waals surface area contributed by atoms with Crippen molar-refractivity contribution in [2.45, 2.75) is 31.6 Å². The fourth-order valence-corrected chi connectivity index (χ4v) is 5.50. The highest BCUT2D eigenvalue weighted by Gasteiger charge is 2.30. The van der Waals surface area contributed by atoms with Crippen molar-refractivity contribution in [2.24, 2.45) is 10.3 Å². The standard InChI is InChI=1S/C22H24N4O6S2/c1-13(2)7-9-15-17-6-4-5-11-26(17)22(28)19(20(15)27)21-23-16-10-8-14(24-33(3,29)30)12-18(16)34(31,32)25-21/h4-6,8,10-13,24,28H,7,9H2,1-3H3,(H,23,25). The first-order valence-corrected chi connectivity index (χ1v) is 13.8. The largest absolute Gasteiger partial charge is 0.494 e. The van der Waals surface area contributed by atoms with Crippen LogP contribution in [0.5, 0.6) is 5.88 Å². The van der Waals surface area contributed by atoms with E-state index in [-0.39, 0.29) is 27.7 Å². The van der Waals surface area contributed by atoms with Crippen molar-refractivity contribution in [3.8, 4) is 5.88 Å². The van der Waals surface area contributed by atoms with Crippen molar-refractivity contribution in [3.63, 3.8) is 0 Å². The molecule has 0 bridgehead atoms. The molecule has 0 spiro atoms. The number of hydrogen-bond acceptors (Lipinski definition) is 7. The number of sulfonamides is 2. The summed E-state index contributed by atoms with van der Waals surface area (Å²) in [5, 5.41) is 13.8. The number of fused-ring (bicyclic) bond motifs is 2. The lowest BCUT2D eigenvalue weighted by Gasteiger charge is -2.21. The van der Waals surface area contributed by atoms with Crippen LogP contribution >= 0.6 is 0 Å². The number of anilines is 2. The van der Waals surface area contributed by atoms with E-state index in [2.05, 4.69) is 14.4 Å². The molecule has 0 saturated heterocycles. The number of amidine groups is 1. The van der Waals surface area contributed by atoms with Crippen LogP contribution in [-0.2, 0) is 26.5 Å². The van der Waals surface area contributed by atoms with Gasteiger partial charge in [-0.15, -0.1) is 4.40 Å². The number of nitrogens with zero attached hydrogens (tertiary/aromatic N) is 2. The Labute approximate surface area is 197 Å². The minimum atomic E-state index is -4.31. The second-order valence-electron chi connectivity index (χ2n) is 8.52. The second kappa shape index (κ2) is 8.44. The zero-order valence-corrected chi connectivity index (χ0v) is 20.4. The number of aromatic hydroxyl groups is 1. The van der Waals surface area contributed by atoms with Crippen molar-refractivity contribution in [3.05, 3.63) is 63.9 Å². The number of benzene rings is 1. The Morgan fingerprint density at radius 3 is 2.62 bits per heavy atom. The highest BCUT2D eigenvalue weighted by atomic mass is 32.2. The van der Waals surface area contributed by atoms with Crippen LogP contribution in [0.1, 0.15) is 31.4 Å². The molecule has 3 N–H and O–H groups in total. The Morgan fingerprint density at radius 1 is 1.21 bits per heavy atom. The fraction of sp³-hybridized carbons (Fsp3) is 0.273. The van der Waals surface area contributed by atoms with E-state index in [0.717, 1.165) is 18.7 Å². The van der Waals surface area contributed by atoms with Crippen LogP contribution in [0, 0.1) is 5.92 Å². The number of aryl methyl sites for hydroxylation is 1. The molecule has 0 atom stereocenters. The Bertz CT molecular complexity index is 1610. The highest BCUT2D eigenvalue weighted by Crippen LogP contribution is 2.32. The van der Waals surface area contributed by atoms with Crippen LogP contribution < -0.4 is 15.5 Å². The van der Waals surface area contributed by atoms with E-state index in [9.17, 15) is 26.7 Å². The Balaban J connectivity index is 1.89. The molecule has 0 saturated carbocycles. The molecule has 0 fully saturated rings. The van der Waals surface area contributed by atoms with Crippen LogP contribution in [0.2, 0.25) is 0 Å². The summed E-state index contributed by atoms with van der Waals surface area (Å²) in [4.78, 5) is 13.2. The lowest BCUT2D eigenvalue weighted by atomic mass is 9.99. The van der Waals surface area contributed by atoms with Gasteiger partial charge in [0.1, 0.15) is 10.5 Å². The van der Waals surface area contributed by atoms with Gasteiger partial charge >= 0.3 is 0 Å². The van der Waals surface area contributed by atoms with Gasteiger partial charge in [-0.3, -0.25) is 13.9 Å². The molecular weight excluding hydrogens is 480 g/mol. The van der Waals surface area contributed by atoms with E-state index >= 15 is 0 Å². The molecule has 2 aromatic heterocycles. The van der Waals surface area contributed by atoms with Crippen molar-refractivity contribution in [1.82, 2.24) is 4.40 Å². The van der Waals surface area contributed by atoms with E-state index in [1.807, 2.05) is 13.8 Å². The molecule has 4 rings (SSSR count). The molecule has 3 heterocycles. The monoisotopic (exact) mass is 504 g/mol. The van der Waals surface area contributed by atoms with Crippen molar-refractivity contribution >= 4 is 42.8 Å². The van der Waals surface area contributed by atoms with Crippen molar-refractivity contribution in [1.29, 1.82) is 0 Å². The molecule has 3 aromatic rings. The average molecular weight is 505 g/mol. The summed E-state index contributed by atoms with van der Waals surface area (Å²) < 4.78 is 56.3. The van der Waals surface area contributed by atoms with Crippen molar-refractivity contribution in [2.75, 3.05) is 16.3 Å². The third kappa shape index (κ3) is 4.50. The summed E-state index contributed by atoms with van der Waals surface area (Å²) >= 11 is 0. The number of pyridine rings is 2. The van der Waals surface area contributed by atoms with Gasteiger partial charge in [0, 0.05) is 17.4 Å². The van der Waals surface area contributed by atoms with Gasteiger partial charge < -0.3 is 10.4 Å². The molecule has 1 aliphatic heterocycles. The van der Waals surface area contributed by atoms with Gasteiger partial charge in [-0.2, -0.15) is 8.42 Å². The van der Waals surface area contributed by atoms with Crippen molar-refractivity contribution < 1.29 is 21.9 Å². The van der Waals surface area contributed by atoms with Crippen LogP contribution in [-0.4, -0.2) is 38.4 Å². The molecule has 0 unspecified atom stereocenters. The zero-order chi connectivity index (χ0) is 24.8. The first kappa shape index (κ1) is 23.8. The van der Waals surface area contributed by atoms with Gasteiger partial charge in [0.2, 0.25) is 15.9 Å². The maximum Gasteiger partial charge on any atom is 0.286 e. The van der Waals surface area contributed by atoms with Gasteiger partial charge in [0.05, 0.1) is 17.5 Å². The highest BCUT2D eigenvalue weighted by molar-refractivity contribution is 7.92. The summed E-state index contributed by atoms with van der Waals surface area (Å²) in [5.74, 6) is -0.412. The quantitative estimate of drug-likeness (QED) is 0.467. The predicted octanol–water partition coefficient (Wildman–Crippen LogP) is 2.53. The first-order chi connectivity index (χ1) is 15.9. The van der Waals surface area contributed by atoms with E-state index < -0.39 is 31.4 Å². The maximum absolute atomic E-state index is 13.5. The summed E-state index contributed by atoms with van der Waals surface area (Å²) in [5.41, 5.74) is 0.368. The Kier molecular flexibility index (Phi) is 5.90. The van der Waals surface area contributed by atoms with Gasteiger partial charge in [0.25, 0.3) is 10.0 Å². The predicted molar refractivity (Wildman–Crippen MR) is 131 cm³/mol. The normalized spacial score (nSPS) is 15.0. The second-order valence-corrected chi connectivity index (χ2v) is 11.8. The minimum absolute atomic E-state index is 0.0508. The summed E-state index contributed by atoms with van der Waals surface area (Å²) in [6, 6.07) is 9.05. The smallest absolute Gasteiger partial charge is 0.286 e. The van der Waals surface area contributed by atoms with Crippen LogP contribution in [0.3, 0.4) is 0 Å². The van der Waals surface area contributed by atoms with E-state index in [1.165, 1.54) is 16.5 Å². The SMILES string of the molecule is CC(C)CCc1c(=O)c(C2=NS(=O)(=O)c3cc(NS(C)(=O)=O)ccc3N2)c(O)n2ccccc12. The molecule has 34 heavy (non-hydrogen) atoms. The number of hydrogen-bond donors (Lipinski definition) is 3. The molecule has 0 aliphatic carbocycles. The van der Waals surface area contributed by atoms with E-state index in [1.54, 1.807) is 24.4 Å². The molecule has 10 nitrogen and oxygen atoms in total. The molecular formula is C22H24N4O6S2. The van der Waals surface area contributed by atoms with Gasteiger partial charge in [0.15, 0.2) is 11.3 Å². The van der Waals surface area contributed by atoms with Gasteiger partial charge in [-0.05, 0) is 49.1 Å². The molecule has 12 heteroatoms. The fourth-order valence-electron chi connectivity index (χ4n) is 3.80. The first-order valence-electron chi connectivity index (χ1n) is 10.5. The number of aromatic nitrogens is 1. The van der Waals surface area contributed by atoms with Crippen LogP contribution in [0.25, 0.3) is 5.52 Å². The van der Waals surface area contributed by atoms with E-state index in [0.29, 0.717) is 23.4 Å². The Hall–Kier alpha value is -3.38. The molecule has 1 aliphatic rings. The summed E-state index contributed by atoms with van der Waals surface area (Å²) in [6.07, 6.45) is 3.69. The molecule has 1 aromatic carbocycles. The average Bonchev–Trinajstić information content (AvgIpc) is 2.72. The topological polar surface area (TPSA) is 146 Å². The molecule has 180 valence electrons. The summed E-state index contributed by atoms with van der Waals surface area (Å²) in [7, 11) is -7.93. The zero-order valence-electron chi connectivity index (χ0n) is 18.7. The van der Waals surface area contributed by atoms with Gasteiger partial charge in [-0.1, -0.05) is 19.9 Å². The minimum Gasteiger partial charge on any atom is -0.494 e. The number of nitrogens with one attached hydrogen (secondary N) is 2. The van der Waals surface area contributed by atoms with Crippen LogP contribution in [0.15, 0.2) is 56.7 Å². The van der Waals surface area contributed by atoms with Gasteiger partial charge in [-0.25, -0.2) is 8.42 Å². The Morgan fingerprint density at radius 2 is 1.94 bits per heavy atom. The maximum atomic E-state index is 13.5. The number of rotatable bonds is 6. The summed E-state index contributed by atoms with van der Waals surface area (Å²) in [6.45, 7) is 4.06. The lowest BCUT2D eigenvalue weighted by molar-refractivity contribution is 0.443. The lowest BCUT2D eigenvalue weighted by Crippen LogP contribution is -2.30. The molecule has 0 radical (unpaired) electrons. The van der Waals surface area contributed by atoms with E-state index in [4.69, 9.17) is 0 Å². The third-order valence-electron chi connectivity index (χ3n) is 5.36. The third-order valence-corrected chi connectivity index (χ3v) is 7.28. The van der Waals surface area contributed by atoms with Crippen LogP contribution in [0.4, 0.5) is 11.4 Å². The molecule has 0 amide bonds.